The molecule has 2 rings (SSSR count). The first-order chi connectivity index (χ1) is 9.69. The fourth-order valence-corrected chi connectivity index (χ4v) is 1.62. The molecular weight excluding hydrogens is 256 g/mol. The number of ether oxygens (including phenoxy) is 1. The summed E-state index contributed by atoms with van der Waals surface area (Å²) >= 11 is 0. The van der Waals surface area contributed by atoms with Crippen molar-refractivity contribution in [2.75, 3.05) is 11.9 Å². The highest BCUT2D eigenvalue weighted by atomic mass is 16.5. The molecule has 0 radical (unpaired) electrons. The van der Waals surface area contributed by atoms with E-state index in [1.165, 1.54) is 12.3 Å². The minimum atomic E-state index is -0.0965. The molecule has 1 aromatic carbocycles. The molecule has 20 heavy (non-hydrogen) atoms. The molecule has 0 aliphatic rings. The summed E-state index contributed by atoms with van der Waals surface area (Å²) in [6.07, 6.45) is 2.98. The first-order valence-electron chi connectivity index (χ1n) is 6.32. The van der Waals surface area contributed by atoms with Gasteiger partial charge in [-0.25, -0.2) is 0 Å². The SMILES string of the molecule is CCOc1ccc(C(=O)/C=C\Nc2cc(C)on2)cc1. The monoisotopic (exact) mass is 272 g/mol. The number of nitrogens with one attached hydrogen (secondary N) is 1. The van der Waals surface area contributed by atoms with Gasteiger partial charge in [0.1, 0.15) is 11.5 Å². The van der Waals surface area contributed by atoms with Gasteiger partial charge in [0.2, 0.25) is 0 Å². The number of carbonyl (C=O) groups excluding carboxylic acids is 1. The van der Waals surface area contributed by atoms with Crippen molar-refractivity contribution in [3.05, 3.63) is 53.9 Å². The van der Waals surface area contributed by atoms with Crippen LogP contribution < -0.4 is 10.1 Å². The quantitative estimate of drug-likeness (QED) is 0.646. The molecule has 0 aliphatic carbocycles. The van der Waals surface area contributed by atoms with Crippen LogP contribution in [0.3, 0.4) is 0 Å². The fourth-order valence-electron chi connectivity index (χ4n) is 1.62. The van der Waals surface area contributed by atoms with Gasteiger partial charge in [-0.15, -0.1) is 0 Å². The largest absolute Gasteiger partial charge is 0.494 e. The first kappa shape index (κ1) is 13.9. The summed E-state index contributed by atoms with van der Waals surface area (Å²) in [5, 5.41) is 6.62. The van der Waals surface area contributed by atoms with Crippen LogP contribution in [-0.4, -0.2) is 17.5 Å². The minimum Gasteiger partial charge on any atom is -0.494 e. The molecule has 2 aromatic rings. The van der Waals surface area contributed by atoms with Gasteiger partial charge < -0.3 is 14.6 Å². The van der Waals surface area contributed by atoms with Gasteiger partial charge in [-0.2, -0.15) is 0 Å². The van der Waals surface area contributed by atoms with Gasteiger partial charge in [0.05, 0.1) is 6.61 Å². The Morgan fingerprint density at radius 2 is 2.15 bits per heavy atom. The summed E-state index contributed by atoms with van der Waals surface area (Å²) in [6.45, 7) is 4.32. The van der Waals surface area contributed by atoms with Crippen molar-refractivity contribution in [3.8, 4) is 5.75 Å². The van der Waals surface area contributed by atoms with Crippen LogP contribution in [0.1, 0.15) is 23.0 Å². The molecule has 1 heterocycles. The lowest BCUT2D eigenvalue weighted by molar-refractivity contribution is 0.104. The molecule has 1 aromatic heterocycles. The summed E-state index contributed by atoms with van der Waals surface area (Å²) in [5.41, 5.74) is 0.600. The summed E-state index contributed by atoms with van der Waals surface area (Å²) < 4.78 is 10.2. The molecule has 0 amide bonds. The molecule has 1 N–H and O–H groups in total. The van der Waals surface area contributed by atoms with E-state index in [-0.39, 0.29) is 5.78 Å². The molecule has 0 aliphatic heterocycles. The second kappa shape index (κ2) is 6.56. The average Bonchev–Trinajstić information content (AvgIpc) is 2.85. The smallest absolute Gasteiger partial charge is 0.187 e. The maximum Gasteiger partial charge on any atom is 0.187 e. The van der Waals surface area contributed by atoms with E-state index in [1.807, 2.05) is 6.92 Å². The molecular formula is C15H16N2O3. The molecule has 0 spiro atoms. The van der Waals surface area contributed by atoms with E-state index in [2.05, 4.69) is 10.5 Å². The van der Waals surface area contributed by atoms with Crippen LogP contribution >= 0.6 is 0 Å². The number of aryl methyl sites for hydroxylation is 1. The highest BCUT2D eigenvalue weighted by Gasteiger charge is 2.02. The van der Waals surface area contributed by atoms with Crippen molar-refractivity contribution >= 4 is 11.6 Å². The summed E-state index contributed by atoms with van der Waals surface area (Å²) in [5.74, 6) is 1.93. The minimum absolute atomic E-state index is 0.0965. The van der Waals surface area contributed by atoms with Gasteiger partial charge in [-0.3, -0.25) is 4.79 Å². The molecule has 0 saturated carbocycles. The van der Waals surface area contributed by atoms with Gasteiger partial charge in [0.15, 0.2) is 11.6 Å². The van der Waals surface area contributed by atoms with Gasteiger partial charge >= 0.3 is 0 Å². The molecule has 0 atom stereocenters. The molecule has 0 bridgehead atoms. The van der Waals surface area contributed by atoms with E-state index in [0.717, 1.165) is 5.75 Å². The molecule has 104 valence electrons. The number of carbonyl (C=O) groups is 1. The van der Waals surface area contributed by atoms with Gasteiger partial charge in [0, 0.05) is 23.9 Å². The van der Waals surface area contributed by atoms with Crippen molar-refractivity contribution in [2.24, 2.45) is 0 Å². The lowest BCUT2D eigenvalue weighted by Crippen LogP contribution is -1.97. The molecule has 0 saturated heterocycles. The maximum absolute atomic E-state index is 11.9. The Bertz CT molecular complexity index is 600. The molecule has 0 unspecified atom stereocenters. The van der Waals surface area contributed by atoms with Crippen LogP contribution in [0.2, 0.25) is 0 Å². The zero-order valence-corrected chi connectivity index (χ0v) is 11.4. The number of benzene rings is 1. The number of allylic oxidation sites excluding steroid dienone is 1. The number of hydrogen-bond donors (Lipinski definition) is 1. The molecule has 0 fully saturated rings. The van der Waals surface area contributed by atoms with Crippen LogP contribution in [-0.2, 0) is 0 Å². The molecule has 5 nitrogen and oxygen atoms in total. The van der Waals surface area contributed by atoms with E-state index in [1.54, 1.807) is 37.3 Å². The van der Waals surface area contributed by atoms with Crippen molar-refractivity contribution < 1.29 is 14.1 Å². The van der Waals surface area contributed by atoms with Crippen LogP contribution in [0, 0.1) is 6.92 Å². The Morgan fingerprint density at radius 3 is 2.75 bits per heavy atom. The topological polar surface area (TPSA) is 64.4 Å². The van der Waals surface area contributed by atoms with E-state index < -0.39 is 0 Å². The summed E-state index contributed by atoms with van der Waals surface area (Å²) in [6, 6.07) is 8.76. The van der Waals surface area contributed by atoms with Crippen molar-refractivity contribution in [3.63, 3.8) is 0 Å². The second-order valence-electron chi connectivity index (χ2n) is 4.12. The zero-order chi connectivity index (χ0) is 14.4. The standard InChI is InChI=1S/C15H16N2O3/c1-3-19-13-6-4-12(5-7-13)14(18)8-9-16-15-10-11(2)20-17-15/h4-10H,3H2,1-2H3,(H,16,17)/b9-8-. The number of aromatic nitrogens is 1. The third kappa shape index (κ3) is 3.71. The van der Waals surface area contributed by atoms with E-state index >= 15 is 0 Å². The molecule has 5 heteroatoms. The first-order valence-corrected chi connectivity index (χ1v) is 6.32. The van der Waals surface area contributed by atoms with Gasteiger partial charge in [0.25, 0.3) is 0 Å². The summed E-state index contributed by atoms with van der Waals surface area (Å²) in [4.78, 5) is 11.9. The Labute approximate surface area is 117 Å². The Balaban J connectivity index is 1.93. The number of hydrogen-bond acceptors (Lipinski definition) is 5. The average molecular weight is 272 g/mol. The van der Waals surface area contributed by atoms with E-state index in [4.69, 9.17) is 9.26 Å². The van der Waals surface area contributed by atoms with Crippen molar-refractivity contribution in [1.29, 1.82) is 0 Å². The lowest BCUT2D eigenvalue weighted by atomic mass is 10.1. The van der Waals surface area contributed by atoms with Crippen LogP contribution in [0.15, 0.2) is 47.1 Å². The van der Waals surface area contributed by atoms with Crippen molar-refractivity contribution in [2.45, 2.75) is 13.8 Å². The Kier molecular flexibility index (Phi) is 4.55. The fraction of sp³-hybridized carbons (Fsp3) is 0.200. The number of anilines is 1. The van der Waals surface area contributed by atoms with Crippen molar-refractivity contribution in [1.82, 2.24) is 5.16 Å². The Morgan fingerprint density at radius 1 is 1.40 bits per heavy atom. The van der Waals surface area contributed by atoms with Crippen LogP contribution in [0.5, 0.6) is 5.75 Å². The number of rotatable bonds is 6. The maximum atomic E-state index is 11.9. The summed E-state index contributed by atoms with van der Waals surface area (Å²) in [7, 11) is 0. The third-order valence-corrected chi connectivity index (χ3v) is 2.54. The number of ketones is 1. The highest BCUT2D eigenvalue weighted by molar-refractivity contribution is 6.04. The van der Waals surface area contributed by atoms with Gasteiger partial charge in [-0.1, -0.05) is 5.16 Å². The van der Waals surface area contributed by atoms with Gasteiger partial charge in [-0.05, 0) is 38.1 Å². The van der Waals surface area contributed by atoms with E-state index in [9.17, 15) is 4.79 Å². The number of nitrogens with zero attached hydrogens (tertiary/aromatic N) is 1. The second-order valence-corrected chi connectivity index (χ2v) is 4.12. The normalized spacial score (nSPS) is 10.7. The Hall–Kier alpha value is -2.56. The predicted octanol–water partition coefficient (Wildman–Crippen LogP) is 3.19. The van der Waals surface area contributed by atoms with Crippen LogP contribution in [0.25, 0.3) is 0 Å². The zero-order valence-electron chi connectivity index (χ0n) is 11.4. The van der Waals surface area contributed by atoms with E-state index in [0.29, 0.717) is 23.7 Å². The highest BCUT2D eigenvalue weighted by Crippen LogP contribution is 2.13. The lowest BCUT2D eigenvalue weighted by Gasteiger charge is -2.02. The van der Waals surface area contributed by atoms with Crippen LogP contribution in [0.4, 0.5) is 5.82 Å². The predicted molar refractivity (Wildman–Crippen MR) is 75.9 cm³/mol. The third-order valence-electron chi connectivity index (χ3n) is 2.54.